The molecule has 8 nitrogen and oxygen atoms in total. The smallest absolute Gasteiger partial charge is 0.415 e. The first-order valence-corrected chi connectivity index (χ1v) is 14.1. The SMILES string of the molecule is Cc1c(-c2cc3cc(N4C(=O)c5ccccc5C4=O)ncc3c(Cl)c2F)cnc2c1N(C(=O)OC(C)(C)C)C1CCC21. The summed E-state index contributed by atoms with van der Waals surface area (Å²) in [5.41, 5.74) is 2.71. The molecule has 4 aromatic rings. The predicted molar refractivity (Wildman–Crippen MR) is 157 cm³/mol. The van der Waals surface area contributed by atoms with Gasteiger partial charge in [0.15, 0.2) is 0 Å². The average Bonchev–Trinajstić information content (AvgIpc) is 3.31. The number of rotatable bonds is 2. The Morgan fingerprint density at radius 1 is 1.00 bits per heavy atom. The molecule has 3 aliphatic rings. The molecular formula is C32H26ClFN4O4. The molecule has 0 bridgehead atoms. The number of benzene rings is 2. The predicted octanol–water partition coefficient (Wildman–Crippen LogP) is 7.20. The minimum Gasteiger partial charge on any atom is -0.443 e. The molecule has 0 N–H and O–H groups in total. The Morgan fingerprint density at radius 3 is 2.31 bits per heavy atom. The van der Waals surface area contributed by atoms with Crippen LogP contribution in [-0.2, 0) is 4.74 Å². The molecule has 2 aliphatic heterocycles. The molecule has 7 rings (SSSR count). The molecule has 2 aromatic carbocycles. The number of amides is 3. The molecule has 0 spiro atoms. The van der Waals surface area contributed by atoms with Gasteiger partial charge in [-0.05, 0) is 75.8 Å². The summed E-state index contributed by atoms with van der Waals surface area (Å²) in [7, 11) is 0. The molecule has 10 heteroatoms. The number of imide groups is 1. The largest absolute Gasteiger partial charge is 0.443 e. The molecule has 212 valence electrons. The van der Waals surface area contributed by atoms with Crippen LogP contribution in [0.2, 0.25) is 5.02 Å². The third-order valence-electron chi connectivity index (χ3n) is 8.29. The average molecular weight is 585 g/mol. The summed E-state index contributed by atoms with van der Waals surface area (Å²) in [6.45, 7) is 7.30. The maximum absolute atomic E-state index is 15.9. The first-order chi connectivity index (χ1) is 20.0. The Bertz CT molecular complexity index is 1850. The minimum atomic E-state index is -0.679. The van der Waals surface area contributed by atoms with E-state index in [-0.39, 0.29) is 28.4 Å². The van der Waals surface area contributed by atoms with Crippen LogP contribution in [0, 0.1) is 12.7 Å². The fourth-order valence-electron chi connectivity index (χ4n) is 6.21. The zero-order valence-corrected chi connectivity index (χ0v) is 24.1. The molecule has 1 fully saturated rings. The lowest BCUT2D eigenvalue weighted by Gasteiger charge is -2.36. The van der Waals surface area contributed by atoms with Gasteiger partial charge in [-0.1, -0.05) is 23.7 Å². The number of fused-ring (bicyclic) bond motifs is 5. The van der Waals surface area contributed by atoms with Crippen molar-refractivity contribution in [3.63, 3.8) is 0 Å². The maximum Gasteiger partial charge on any atom is 0.415 e. The molecule has 1 saturated carbocycles. The minimum absolute atomic E-state index is 0.0466. The lowest BCUT2D eigenvalue weighted by Crippen LogP contribution is -2.46. The van der Waals surface area contributed by atoms with Gasteiger partial charge in [0.25, 0.3) is 11.8 Å². The van der Waals surface area contributed by atoms with E-state index >= 15 is 4.39 Å². The highest BCUT2D eigenvalue weighted by Gasteiger charge is 2.50. The summed E-state index contributed by atoms with van der Waals surface area (Å²) >= 11 is 6.53. The van der Waals surface area contributed by atoms with Gasteiger partial charge in [0.05, 0.1) is 27.5 Å². The van der Waals surface area contributed by atoms with E-state index in [1.807, 2.05) is 27.7 Å². The molecule has 3 amide bonds. The van der Waals surface area contributed by atoms with Crippen molar-refractivity contribution in [3.05, 3.63) is 82.0 Å². The molecular weight excluding hydrogens is 559 g/mol. The topological polar surface area (TPSA) is 92.7 Å². The lowest BCUT2D eigenvalue weighted by molar-refractivity contribution is 0.0550. The van der Waals surface area contributed by atoms with E-state index in [1.165, 1.54) is 6.20 Å². The molecule has 1 aliphatic carbocycles. The van der Waals surface area contributed by atoms with Crippen LogP contribution >= 0.6 is 11.6 Å². The van der Waals surface area contributed by atoms with Crippen LogP contribution in [0.3, 0.4) is 0 Å². The standard InChI is InChI=1S/C32H26ClFN4O4/c1-15-21(13-36-27-19-9-10-23(19)37(28(15)27)31(41)42-32(2,3)4)20-11-16-12-24(35-14-22(16)25(33)26(20)34)38-29(39)17-7-5-6-8-18(17)30(38)40/h5-8,11-14,19,23H,9-10H2,1-4H3. The summed E-state index contributed by atoms with van der Waals surface area (Å²) < 4.78 is 21.6. The second-order valence-corrected chi connectivity index (χ2v) is 12.3. The van der Waals surface area contributed by atoms with Crippen LogP contribution < -0.4 is 9.80 Å². The maximum atomic E-state index is 15.9. The molecule has 4 heterocycles. The van der Waals surface area contributed by atoms with E-state index in [2.05, 4.69) is 4.98 Å². The summed E-state index contributed by atoms with van der Waals surface area (Å²) in [5, 5.41) is 0.674. The first kappa shape index (κ1) is 26.5. The van der Waals surface area contributed by atoms with E-state index in [0.717, 1.165) is 23.4 Å². The zero-order valence-electron chi connectivity index (χ0n) is 23.4. The number of hydrogen-bond acceptors (Lipinski definition) is 6. The van der Waals surface area contributed by atoms with Crippen molar-refractivity contribution in [3.8, 4) is 11.1 Å². The number of carbonyl (C=O) groups is 3. The van der Waals surface area contributed by atoms with Gasteiger partial charge in [-0.15, -0.1) is 0 Å². The lowest BCUT2D eigenvalue weighted by atomic mass is 9.79. The van der Waals surface area contributed by atoms with E-state index in [4.69, 9.17) is 21.3 Å². The number of carbonyl (C=O) groups excluding carboxylic acids is 3. The van der Waals surface area contributed by atoms with Crippen LogP contribution in [0.25, 0.3) is 21.9 Å². The molecule has 2 aromatic heterocycles. The number of anilines is 2. The number of halogens is 2. The third-order valence-corrected chi connectivity index (χ3v) is 8.66. The van der Waals surface area contributed by atoms with Crippen molar-refractivity contribution in [2.75, 3.05) is 9.80 Å². The highest BCUT2D eigenvalue weighted by atomic mass is 35.5. The van der Waals surface area contributed by atoms with Gasteiger partial charge in [0.2, 0.25) is 0 Å². The Kier molecular flexibility index (Phi) is 5.72. The fourth-order valence-corrected chi connectivity index (χ4v) is 6.47. The third kappa shape index (κ3) is 3.76. The van der Waals surface area contributed by atoms with E-state index in [1.54, 1.807) is 47.5 Å². The fraction of sp³-hybridized carbons (Fsp3) is 0.281. The summed E-state index contributed by atoms with van der Waals surface area (Å²) in [5.74, 6) is -1.40. The van der Waals surface area contributed by atoms with Crippen LogP contribution in [0.4, 0.5) is 20.7 Å². The number of ether oxygens (including phenoxy) is 1. The van der Waals surface area contributed by atoms with Gasteiger partial charge in [-0.2, -0.15) is 0 Å². The summed E-state index contributed by atoms with van der Waals surface area (Å²) in [4.78, 5) is 51.1. The van der Waals surface area contributed by atoms with Gasteiger partial charge in [-0.3, -0.25) is 19.5 Å². The van der Waals surface area contributed by atoms with Gasteiger partial charge >= 0.3 is 6.09 Å². The van der Waals surface area contributed by atoms with Crippen molar-refractivity contribution in [1.82, 2.24) is 9.97 Å². The number of hydrogen-bond donors (Lipinski definition) is 0. The van der Waals surface area contributed by atoms with Crippen LogP contribution in [0.15, 0.2) is 48.8 Å². The van der Waals surface area contributed by atoms with E-state index in [0.29, 0.717) is 38.7 Å². The molecule has 0 radical (unpaired) electrons. The highest BCUT2D eigenvalue weighted by molar-refractivity contribution is 6.37. The van der Waals surface area contributed by atoms with Crippen molar-refractivity contribution in [2.24, 2.45) is 0 Å². The number of aromatic nitrogens is 2. The van der Waals surface area contributed by atoms with E-state index in [9.17, 15) is 14.4 Å². The first-order valence-electron chi connectivity index (χ1n) is 13.7. The molecule has 42 heavy (non-hydrogen) atoms. The van der Waals surface area contributed by atoms with Crippen molar-refractivity contribution < 1.29 is 23.5 Å². The highest BCUT2D eigenvalue weighted by Crippen LogP contribution is 2.54. The van der Waals surface area contributed by atoms with Crippen molar-refractivity contribution in [2.45, 2.75) is 58.1 Å². The second kappa shape index (κ2) is 9.06. The van der Waals surface area contributed by atoms with Crippen molar-refractivity contribution in [1.29, 1.82) is 0 Å². The Balaban J connectivity index is 1.34. The second-order valence-electron chi connectivity index (χ2n) is 11.9. The molecule has 2 atom stereocenters. The zero-order chi connectivity index (χ0) is 29.7. The van der Waals surface area contributed by atoms with E-state index < -0.39 is 29.3 Å². The van der Waals surface area contributed by atoms with Gasteiger partial charge in [0, 0.05) is 40.9 Å². The van der Waals surface area contributed by atoms with Gasteiger partial charge in [-0.25, -0.2) is 19.1 Å². The number of nitrogens with zero attached hydrogens (tertiary/aromatic N) is 4. The van der Waals surface area contributed by atoms with Crippen molar-refractivity contribution >= 4 is 51.8 Å². The Hall–Kier alpha value is -4.37. The van der Waals surface area contributed by atoms with Gasteiger partial charge in [0.1, 0.15) is 17.2 Å². The molecule has 0 saturated heterocycles. The van der Waals surface area contributed by atoms with Crippen LogP contribution in [-0.4, -0.2) is 39.5 Å². The monoisotopic (exact) mass is 584 g/mol. The Morgan fingerprint density at radius 2 is 1.69 bits per heavy atom. The quantitative estimate of drug-likeness (QED) is 0.231. The summed E-state index contributed by atoms with van der Waals surface area (Å²) in [6, 6.07) is 9.69. The summed E-state index contributed by atoms with van der Waals surface area (Å²) in [6.07, 6.45) is 4.27. The Labute approximate surface area is 246 Å². The van der Waals surface area contributed by atoms with Crippen LogP contribution in [0.1, 0.15) is 71.5 Å². The molecule has 2 unspecified atom stereocenters. The van der Waals surface area contributed by atoms with Crippen LogP contribution in [0.5, 0.6) is 0 Å². The normalized spacial score (nSPS) is 19.1. The van der Waals surface area contributed by atoms with Gasteiger partial charge < -0.3 is 4.74 Å². The number of pyridine rings is 2.